The third-order valence-corrected chi connectivity index (χ3v) is 11.1. The van der Waals surface area contributed by atoms with Gasteiger partial charge >= 0.3 is 12.1 Å². The van der Waals surface area contributed by atoms with Crippen LogP contribution in [0.3, 0.4) is 0 Å². The summed E-state index contributed by atoms with van der Waals surface area (Å²) in [5, 5.41) is 24.9. The van der Waals surface area contributed by atoms with E-state index in [4.69, 9.17) is 30.8 Å². The molecule has 3 aliphatic heterocycles. The number of piperidine rings is 2. The molecular weight excluding hydrogens is 650 g/mol. The van der Waals surface area contributed by atoms with E-state index in [1.165, 1.54) is 0 Å². The molecule has 3 heterocycles. The van der Waals surface area contributed by atoms with Gasteiger partial charge in [0.1, 0.15) is 11.8 Å². The number of likely N-dealkylation sites (N-methyl/N-ethyl adjacent to an activating group) is 1. The number of hydrogen-bond donors (Lipinski definition) is 5. The normalized spacial score (nSPS) is 28.3. The zero-order valence-corrected chi connectivity index (χ0v) is 28.5. The highest BCUT2D eigenvalue weighted by Crippen LogP contribution is 2.65. The van der Waals surface area contributed by atoms with Gasteiger partial charge in [-0.1, -0.05) is 6.07 Å². The van der Waals surface area contributed by atoms with Gasteiger partial charge < -0.3 is 56.3 Å². The quantitative estimate of drug-likeness (QED) is 0.0600. The van der Waals surface area contributed by atoms with E-state index >= 15 is 0 Å². The van der Waals surface area contributed by atoms with Crippen LogP contribution in [0.2, 0.25) is 0 Å². The Kier molecular flexibility index (Phi) is 9.86. The molecule has 0 saturated carbocycles. The molecule has 1 aromatic rings. The van der Waals surface area contributed by atoms with Gasteiger partial charge in [-0.25, -0.2) is 4.79 Å². The van der Waals surface area contributed by atoms with Crippen LogP contribution in [0.1, 0.15) is 62.5 Å². The molecule has 3 amide bonds. The average Bonchev–Trinajstić information content (AvgIpc) is 3.43. The largest absolute Gasteiger partial charge is 0.564 e. The fourth-order valence-electron chi connectivity index (χ4n) is 8.71. The molecule has 2 fully saturated rings. The van der Waals surface area contributed by atoms with Crippen LogP contribution in [-0.2, 0) is 31.0 Å². The molecule has 1 spiro atoms. The van der Waals surface area contributed by atoms with Crippen molar-refractivity contribution in [2.75, 3.05) is 40.3 Å². The van der Waals surface area contributed by atoms with Crippen molar-refractivity contribution in [3.63, 3.8) is 0 Å². The van der Waals surface area contributed by atoms with Crippen molar-refractivity contribution in [3.8, 4) is 11.5 Å². The number of nitrogens with zero attached hydrogens (tertiary/aromatic N) is 3. The van der Waals surface area contributed by atoms with Crippen LogP contribution in [-0.4, -0.2) is 120 Å². The lowest BCUT2D eigenvalue weighted by Crippen LogP contribution is -2.74. The summed E-state index contributed by atoms with van der Waals surface area (Å²) in [5.74, 6) is -0.883. The highest BCUT2D eigenvalue weighted by molar-refractivity contribution is 5.96. The summed E-state index contributed by atoms with van der Waals surface area (Å²) in [6.45, 7) is 1.50. The number of amides is 3. The van der Waals surface area contributed by atoms with Crippen LogP contribution in [0.4, 0.5) is 4.79 Å². The molecule has 9 N–H and O–H groups in total. The SMILES string of the molecule is COc1ccc2c3c1O[C@H]1C(OC(=O)N4CCCCC4CNC(=O)[C@H](CCCN=C(N)N)NC(=O)CC(=O)[OH2+])=CC[C@@]4(O)[C@@H](C2)N(C)CC[C@]314. The summed E-state index contributed by atoms with van der Waals surface area (Å²) in [4.78, 5) is 58.4. The second-order valence-corrected chi connectivity index (χ2v) is 13.9. The summed E-state index contributed by atoms with van der Waals surface area (Å²) >= 11 is 0. The molecular formula is C34H48N7O9+. The third kappa shape index (κ3) is 6.19. The van der Waals surface area contributed by atoms with Crippen LogP contribution in [0, 0.1) is 0 Å². The van der Waals surface area contributed by atoms with E-state index in [2.05, 4.69) is 20.5 Å². The molecule has 2 aliphatic carbocycles. The minimum Gasteiger partial charge on any atom is -0.564 e. The number of nitrogens with one attached hydrogen (secondary N) is 2. The van der Waals surface area contributed by atoms with E-state index in [0.29, 0.717) is 55.9 Å². The van der Waals surface area contributed by atoms with Crippen LogP contribution in [0.25, 0.3) is 0 Å². The van der Waals surface area contributed by atoms with E-state index in [9.17, 15) is 24.3 Å². The first-order chi connectivity index (χ1) is 23.9. The molecule has 1 unspecified atom stereocenters. The lowest BCUT2D eigenvalue weighted by molar-refractivity contribution is -0.163. The van der Waals surface area contributed by atoms with E-state index in [1.807, 2.05) is 19.2 Å². The number of likely N-dealkylation sites (tertiary alicyclic amines) is 2. The topological polar surface area (TPSA) is 234 Å². The van der Waals surface area contributed by atoms with E-state index in [1.54, 1.807) is 18.1 Å². The van der Waals surface area contributed by atoms with Gasteiger partial charge in [-0.05, 0) is 76.2 Å². The minimum absolute atomic E-state index is 0.0961. The molecule has 2 saturated heterocycles. The number of ether oxygens (including phenoxy) is 3. The Labute approximate surface area is 290 Å². The van der Waals surface area contributed by atoms with Crippen molar-refractivity contribution in [2.45, 2.75) is 93.0 Å². The molecule has 50 heavy (non-hydrogen) atoms. The predicted octanol–water partition coefficient (Wildman–Crippen LogP) is -0.740. The van der Waals surface area contributed by atoms with E-state index < -0.39 is 53.5 Å². The van der Waals surface area contributed by atoms with E-state index in [-0.39, 0.29) is 37.6 Å². The maximum absolute atomic E-state index is 13.9. The second-order valence-electron chi connectivity index (χ2n) is 13.9. The third-order valence-electron chi connectivity index (χ3n) is 11.1. The summed E-state index contributed by atoms with van der Waals surface area (Å²) in [7, 11) is 3.62. The van der Waals surface area contributed by atoms with Crippen LogP contribution in [0.15, 0.2) is 29.0 Å². The zero-order valence-electron chi connectivity index (χ0n) is 28.5. The number of aliphatic imine (C=N–C) groups is 1. The number of methoxy groups -OCH3 is 1. The summed E-state index contributed by atoms with van der Waals surface area (Å²) in [6.07, 6.45) is 4.17. The standard InChI is InChI=1S/C34H47N7O9/c1-40-15-12-33-27-19-8-9-22(48-2)28(27)50-29(33)23(10-11-34(33,47)24(40)16-19)49-32(46)41-14-4-3-6-20(41)18-38-30(45)21(7-5-13-37-31(35)36)39-25(42)17-26(43)44/h8-10,20-21,24,29,47H,3-7,11-18H2,1-2H3,(H,38,45)(H,39,42)(H,43,44)(H4,35,36,37)/p+1/t20?,21-,24+,29-,33-,34+/m0/s1. The predicted molar refractivity (Wildman–Crippen MR) is 180 cm³/mol. The molecule has 0 radical (unpaired) electrons. The molecule has 6 atom stereocenters. The molecule has 272 valence electrons. The fourth-order valence-corrected chi connectivity index (χ4v) is 8.71. The van der Waals surface area contributed by atoms with Crippen molar-refractivity contribution in [1.29, 1.82) is 0 Å². The van der Waals surface area contributed by atoms with Gasteiger partial charge in [0, 0.05) is 42.5 Å². The summed E-state index contributed by atoms with van der Waals surface area (Å²) < 4.78 is 18.5. The molecule has 1 aromatic carbocycles. The first-order valence-corrected chi connectivity index (χ1v) is 17.2. The zero-order chi connectivity index (χ0) is 35.8. The number of hydrogen-bond acceptors (Lipinski definition) is 10. The number of carbonyl (C=O) groups is 4. The van der Waals surface area contributed by atoms with Gasteiger partial charge in [0.05, 0.1) is 24.2 Å². The van der Waals surface area contributed by atoms with E-state index in [0.717, 1.165) is 30.5 Å². The molecule has 0 aromatic heterocycles. The minimum atomic E-state index is -1.13. The van der Waals surface area contributed by atoms with Crippen LogP contribution < -0.4 is 31.6 Å². The number of benzene rings is 1. The second kappa shape index (κ2) is 14.0. The number of rotatable bonds is 12. The highest BCUT2D eigenvalue weighted by atomic mass is 16.6. The first kappa shape index (κ1) is 35.3. The summed E-state index contributed by atoms with van der Waals surface area (Å²) in [5.41, 5.74) is 10.9. The van der Waals surface area contributed by atoms with Crippen molar-refractivity contribution >= 4 is 29.8 Å². The fraction of sp³-hybridized carbons (Fsp3) is 0.618. The van der Waals surface area contributed by atoms with Gasteiger partial charge in [0.2, 0.25) is 11.8 Å². The van der Waals surface area contributed by atoms with Crippen molar-refractivity contribution in [2.24, 2.45) is 16.5 Å². The molecule has 5 aliphatic rings. The Morgan fingerprint density at radius 2 is 2.02 bits per heavy atom. The van der Waals surface area contributed by atoms with Crippen molar-refractivity contribution in [3.05, 3.63) is 35.1 Å². The highest BCUT2D eigenvalue weighted by Gasteiger charge is 2.72. The average molecular weight is 699 g/mol. The Morgan fingerprint density at radius 3 is 2.76 bits per heavy atom. The van der Waals surface area contributed by atoms with Gasteiger partial charge in [0.25, 0.3) is 0 Å². The maximum atomic E-state index is 13.9. The molecule has 6 rings (SSSR count). The Hall–Kier alpha value is -4.57. The van der Waals surface area contributed by atoms with Crippen LogP contribution >= 0.6 is 0 Å². The van der Waals surface area contributed by atoms with Gasteiger partial charge in [-0.2, -0.15) is 0 Å². The first-order valence-electron chi connectivity index (χ1n) is 17.2. The Morgan fingerprint density at radius 1 is 1.22 bits per heavy atom. The molecule has 16 nitrogen and oxygen atoms in total. The van der Waals surface area contributed by atoms with Crippen LogP contribution in [0.5, 0.6) is 11.5 Å². The molecule has 16 heteroatoms. The number of nitrogens with two attached hydrogens (primary N) is 2. The lowest BCUT2D eigenvalue weighted by atomic mass is 9.50. The van der Waals surface area contributed by atoms with Gasteiger partial charge in [-0.3, -0.25) is 14.6 Å². The maximum Gasteiger partial charge on any atom is 0.525 e. The van der Waals surface area contributed by atoms with Gasteiger partial charge in [0.15, 0.2) is 30.0 Å². The number of carbonyl (C=O) groups excluding carboxylic acids is 4. The Balaban J connectivity index is 1.17. The monoisotopic (exact) mass is 698 g/mol. The Bertz CT molecular complexity index is 1600. The number of guanidine groups is 1. The van der Waals surface area contributed by atoms with Gasteiger partial charge in [-0.15, -0.1) is 0 Å². The number of aliphatic hydroxyl groups is 1. The van der Waals surface area contributed by atoms with Crippen molar-refractivity contribution < 1.29 is 43.6 Å². The molecule has 2 bridgehead atoms. The summed E-state index contributed by atoms with van der Waals surface area (Å²) in [6, 6.07) is 2.41. The smallest absolute Gasteiger partial charge is 0.525 e. The lowest BCUT2D eigenvalue weighted by Gasteiger charge is -2.61. The van der Waals surface area contributed by atoms with Crippen molar-refractivity contribution in [1.82, 2.24) is 20.4 Å².